The summed E-state index contributed by atoms with van der Waals surface area (Å²) in [5.41, 5.74) is 9.26. The third-order valence-electron chi connectivity index (χ3n) is 10.1. The molecule has 0 aliphatic heterocycles. The Labute approximate surface area is 277 Å². The van der Waals surface area contributed by atoms with E-state index in [1.165, 1.54) is 69.8 Å². The van der Waals surface area contributed by atoms with Crippen molar-refractivity contribution in [1.82, 2.24) is 4.57 Å². The van der Waals surface area contributed by atoms with Gasteiger partial charge in [-0.3, -0.25) is 0 Å². The minimum Gasteiger partial charge on any atom is -0.309 e. The van der Waals surface area contributed by atoms with Crippen molar-refractivity contribution < 1.29 is 0 Å². The Morgan fingerprint density at radius 3 is 2.32 bits per heavy atom. The molecule has 2 aliphatic rings. The molecule has 6 aromatic carbocycles. The largest absolute Gasteiger partial charge is 0.309 e. The van der Waals surface area contributed by atoms with Gasteiger partial charge >= 0.3 is 0 Å². The van der Waals surface area contributed by atoms with Crippen LogP contribution in [-0.2, 0) is 5.41 Å². The van der Waals surface area contributed by atoms with Crippen LogP contribution in [-0.4, -0.2) is 4.57 Å². The van der Waals surface area contributed by atoms with Gasteiger partial charge in [-0.05, 0) is 64.6 Å². The van der Waals surface area contributed by atoms with Crippen molar-refractivity contribution in [3.05, 3.63) is 174 Å². The van der Waals surface area contributed by atoms with Gasteiger partial charge in [-0.2, -0.15) is 0 Å². The van der Waals surface area contributed by atoms with E-state index in [0.29, 0.717) is 0 Å². The fraction of sp³-hybridized carbons (Fsp3) is 0.0667. The molecule has 0 amide bonds. The lowest BCUT2D eigenvalue weighted by atomic mass is 9.72. The number of allylic oxidation sites excluding steroid dienone is 4. The van der Waals surface area contributed by atoms with Gasteiger partial charge < -0.3 is 4.57 Å². The predicted molar refractivity (Wildman–Crippen MR) is 200 cm³/mol. The standard InChI is InChI=1S/C45H29NS/c1-3-13-30(14-4-1)27-28-45(31-15-5-2-6-16-31)38-20-10-7-17-33(38)34-24-23-32(29-39(34)45)46-40-21-11-8-19-37(40)43-41(46)26-25-36-35-18-9-12-22-42(35)47-44(36)43/h1-13,15-26,29-30H,14H2. The summed E-state index contributed by atoms with van der Waals surface area (Å²) in [6.07, 6.45) is 9.64. The molecule has 0 bridgehead atoms. The van der Waals surface area contributed by atoms with Crippen molar-refractivity contribution in [1.29, 1.82) is 0 Å². The second-order valence-electron chi connectivity index (χ2n) is 12.6. The quantitative estimate of drug-likeness (QED) is 0.171. The van der Waals surface area contributed by atoms with Gasteiger partial charge in [-0.25, -0.2) is 0 Å². The molecule has 47 heavy (non-hydrogen) atoms. The Hall–Kier alpha value is -5.62. The lowest BCUT2D eigenvalue weighted by Gasteiger charge is -2.28. The molecule has 0 fully saturated rings. The highest BCUT2D eigenvalue weighted by Gasteiger charge is 2.44. The third kappa shape index (κ3) is 3.78. The summed E-state index contributed by atoms with van der Waals surface area (Å²) in [5, 5.41) is 5.27. The van der Waals surface area contributed by atoms with Gasteiger partial charge in [-0.15, -0.1) is 11.3 Å². The van der Waals surface area contributed by atoms with E-state index in [1.54, 1.807) is 0 Å². The summed E-state index contributed by atoms with van der Waals surface area (Å²) in [6, 6.07) is 49.1. The number of hydrogen-bond donors (Lipinski definition) is 0. The summed E-state index contributed by atoms with van der Waals surface area (Å²) >= 11 is 1.90. The molecule has 1 nitrogen and oxygen atoms in total. The molecule has 0 N–H and O–H groups in total. The van der Waals surface area contributed by atoms with Crippen LogP contribution < -0.4 is 0 Å². The number of benzene rings is 6. The highest BCUT2D eigenvalue weighted by molar-refractivity contribution is 7.26. The molecule has 0 spiro atoms. The van der Waals surface area contributed by atoms with Crippen LogP contribution in [0.4, 0.5) is 0 Å². The zero-order valence-electron chi connectivity index (χ0n) is 25.7. The van der Waals surface area contributed by atoms with E-state index in [2.05, 4.69) is 174 Å². The van der Waals surface area contributed by atoms with E-state index in [-0.39, 0.29) is 5.92 Å². The van der Waals surface area contributed by atoms with Crippen LogP contribution in [0.5, 0.6) is 0 Å². The maximum absolute atomic E-state index is 3.94. The number of aromatic nitrogens is 1. The van der Waals surface area contributed by atoms with Crippen LogP contribution in [0.2, 0.25) is 0 Å². The Kier molecular flexibility index (Phi) is 5.77. The molecule has 0 radical (unpaired) electrons. The topological polar surface area (TPSA) is 4.93 Å². The number of rotatable bonds is 2. The molecular formula is C45H29NS. The van der Waals surface area contributed by atoms with Crippen LogP contribution in [0.25, 0.3) is 58.8 Å². The van der Waals surface area contributed by atoms with E-state index in [1.807, 2.05) is 11.3 Å². The van der Waals surface area contributed by atoms with Gasteiger partial charge in [0, 0.05) is 42.6 Å². The zero-order valence-corrected chi connectivity index (χ0v) is 26.5. The van der Waals surface area contributed by atoms with Gasteiger partial charge in [0.2, 0.25) is 0 Å². The maximum Gasteiger partial charge on any atom is 0.107 e. The molecule has 220 valence electrons. The average Bonchev–Trinajstić information content (AvgIpc) is 3.78. The van der Waals surface area contributed by atoms with Gasteiger partial charge in [0.25, 0.3) is 0 Å². The predicted octanol–water partition coefficient (Wildman–Crippen LogP) is 11.6. The molecule has 0 saturated heterocycles. The Bertz CT molecular complexity index is 2670. The van der Waals surface area contributed by atoms with Gasteiger partial charge in [-0.1, -0.05) is 139 Å². The van der Waals surface area contributed by atoms with Crippen molar-refractivity contribution in [2.45, 2.75) is 11.8 Å². The van der Waals surface area contributed by atoms with Crippen molar-refractivity contribution in [3.8, 4) is 28.7 Å². The van der Waals surface area contributed by atoms with Crippen molar-refractivity contribution >= 4 is 53.3 Å². The first-order valence-corrected chi connectivity index (χ1v) is 17.1. The lowest BCUT2D eigenvalue weighted by Crippen LogP contribution is -2.25. The fourth-order valence-corrected chi connectivity index (χ4v) is 9.27. The van der Waals surface area contributed by atoms with Gasteiger partial charge in [0.05, 0.1) is 11.0 Å². The summed E-state index contributed by atoms with van der Waals surface area (Å²) in [4.78, 5) is 0. The summed E-state index contributed by atoms with van der Waals surface area (Å²) in [6.45, 7) is 0. The summed E-state index contributed by atoms with van der Waals surface area (Å²) in [5.74, 6) is 7.87. The Morgan fingerprint density at radius 2 is 1.43 bits per heavy atom. The second kappa shape index (κ2) is 10.2. The molecule has 2 unspecified atom stereocenters. The SMILES string of the molecule is C(#CC1(c2ccccc2)c2ccccc2-c2ccc(-n3c4ccccc4c4c5sc6ccccc6c5ccc43)cc21)C1C=CC=CC1. The van der Waals surface area contributed by atoms with E-state index < -0.39 is 5.41 Å². The first-order chi connectivity index (χ1) is 23.3. The smallest absolute Gasteiger partial charge is 0.107 e. The number of thiophene rings is 1. The van der Waals surface area contributed by atoms with Crippen molar-refractivity contribution in [2.75, 3.05) is 0 Å². The second-order valence-corrected chi connectivity index (χ2v) is 13.7. The molecule has 0 saturated carbocycles. The molecular weight excluding hydrogens is 587 g/mol. The lowest BCUT2D eigenvalue weighted by molar-refractivity contribution is 0.813. The molecule has 2 aromatic heterocycles. The van der Waals surface area contributed by atoms with Crippen LogP contribution in [0.1, 0.15) is 23.1 Å². The van der Waals surface area contributed by atoms with Crippen LogP contribution in [0.3, 0.4) is 0 Å². The summed E-state index contributed by atoms with van der Waals surface area (Å²) < 4.78 is 5.15. The van der Waals surface area contributed by atoms with Crippen LogP contribution in [0.15, 0.2) is 158 Å². The molecule has 2 heterocycles. The minimum absolute atomic E-state index is 0.195. The molecule has 2 heteroatoms. The van der Waals surface area contributed by atoms with E-state index in [0.717, 1.165) is 12.1 Å². The molecule has 2 aliphatic carbocycles. The first-order valence-electron chi connectivity index (χ1n) is 16.3. The highest BCUT2D eigenvalue weighted by atomic mass is 32.1. The summed E-state index contributed by atoms with van der Waals surface area (Å²) in [7, 11) is 0. The average molecular weight is 616 g/mol. The zero-order chi connectivity index (χ0) is 31.0. The maximum atomic E-state index is 3.94. The van der Waals surface area contributed by atoms with E-state index >= 15 is 0 Å². The normalized spacial score (nSPS) is 18.1. The third-order valence-corrected chi connectivity index (χ3v) is 11.3. The van der Waals surface area contributed by atoms with E-state index in [9.17, 15) is 0 Å². The van der Waals surface area contributed by atoms with Crippen LogP contribution >= 0.6 is 11.3 Å². The Morgan fingerprint density at radius 1 is 0.638 bits per heavy atom. The monoisotopic (exact) mass is 615 g/mol. The van der Waals surface area contributed by atoms with Crippen molar-refractivity contribution in [2.24, 2.45) is 5.92 Å². The molecule has 8 aromatic rings. The van der Waals surface area contributed by atoms with Gasteiger partial charge in [0.1, 0.15) is 5.41 Å². The molecule has 10 rings (SSSR count). The van der Waals surface area contributed by atoms with Gasteiger partial charge in [0.15, 0.2) is 0 Å². The number of nitrogens with zero attached hydrogens (tertiary/aromatic N) is 1. The van der Waals surface area contributed by atoms with E-state index in [4.69, 9.17) is 0 Å². The number of para-hydroxylation sites is 1. The minimum atomic E-state index is -0.588. The van der Waals surface area contributed by atoms with Crippen molar-refractivity contribution in [3.63, 3.8) is 0 Å². The van der Waals surface area contributed by atoms with Crippen LogP contribution in [0, 0.1) is 17.8 Å². The molecule has 2 atom stereocenters. The number of fused-ring (bicyclic) bond motifs is 10. The Balaban J connectivity index is 1.28. The fourth-order valence-electron chi connectivity index (χ4n) is 8.01. The number of hydrogen-bond acceptors (Lipinski definition) is 1. The first kappa shape index (κ1) is 26.6. The highest BCUT2D eigenvalue weighted by Crippen LogP contribution is 2.53.